The molecule has 0 aliphatic carbocycles. The lowest BCUT2D eigenvalue weighted by Crippen LogP contribution is -2.36. The Morgan fingerprint density at radius 3 is 2.66 bits per heavy atom. The van der Waals surface area contributed by atoms with Gasteiger partial charge in [0.2, 0.25) is 10.0 Å². The van der Waals surface area contributed by atoms with Gasteiger partial charge in [0.25, 0.3) is 5.91 Å². The minimum absolute atomic E-state index is 0.00605. The van der Waals surface area contributed by atoms with Crippen LogP contribution in [0.1, 0.15) is 42.5 Å². The largest absolute Gasteiger partial charge is 0.452 e. The molecule has 2 aliphatic rings. The Morgan fingerprint density at radius 2 is 1.97 bits per heavy atom. The molecule has 10 heteroatoms. The maximum absolute atomic E-state index is 12.9. The van der Waals surface area contributed by atoms with Crippen LogP contribution in [0.5, 0.6) is 0 Å². The molecule has 2 saturated heterocycles. The molecule has 8 nitrogen and oxygen atoms in total. The van der Waals surface area contributed by atoms with Crippen molar-refractivity contribution in [3.8, 4) is 0 Å². The fraction of sp³-hybridized carbons (Fsp3) is 0.579. The highest BCUT2D eigenvalue weighted by Gasteiger charge is 2.29. The number of piperidine rings is 1. The van der Waals surface area contributed by atoms with Gasteiger partial charge < -0.3 is 14.8 Å². The van der Waals surface area contributed by atoms with Gasteiger partial charge in [0, 0.05) is 26.2 Å². The number of esters is 1. The lowest BCUT2D eigenvalue weighted by Gasteiger charge is -2.26. The van der Waals surface area contributed by atoms with Crippen molar-refractivity contribution in [2.24, 2.45) is 0 Å². The summed E-state index contributed by atoms with van der Waals surface area (Å²) in [6.07, 6.45) is 4.42. The highest BCUT2D eigenvalue weighted by Crippen LogP contribution is 2.28. The molecule has 0 unspecified atom stereocenters. The topological polar surface area (TPSA) is 102 Å². The zero-order chi connectivity index (χ0) is 20.9. The highest BCUT2D eigenvalue weighted by atomic mass is 35.5. The second-order valence-electron chi connectivity index (χ2n) is 7.13. The van der Waals surface area contributed by atoms with E-state index in [9.17, 15) is 18.0 Å². The van der Waals surface area contributed by atoms with E-state index in [4.69, 9.17) is 21.1 Å². The number of nitrogens with one attached hydrogen (secondary N) is 1. The van der Waals surface area contributed by atoms with E-state index in [-0.39, 0.29) is 21.6 Å². The molecule has 2 fully saturated rings. The van der Waals surface area contributed by atoms with E-state index in [1.165, 1.54) is 22.5 Å². The van der Waals surface area contributed by atoms with Crippen LogP contribution in [0.4, 0.5) is 0 Å². The monoisotopic (exact) mass is 444 g/mol. The Labute approximate surface area is 175 Å². The number of hydrogen-bond donors (Lipinski definition) is 1. The first kappa shape index (κ1) is 22.0. The van der Waals surface area contributed by atoms with Gasteiger partial charge in [0.1, 0.15) is 4.90 Å². The number of carbonyl (C=O) groups is 2. The average molecular weight is 445 g/mol. The SMILES string of the molecule is O=C(COC(=O)c1ccc(Cl)c(S(=O)(=O)N2CCCCC2)c1)NC[C@H]1CCCO1. The summed E-state index contributed by atoms with van der Waals surface area (Å²) in [7, 11) is -3.80. The van der Waals surface area contributed by atoms with Gasteiger partial charge in [-0.15, -0.1) is 0 Å². The van der Waals surface area contributed by atoms with Gasteiger partial charge in [-0.1, -0.05) is 18.0 Å². The molecule has 160 valence electrons. The number of halogens is 1. The minimum Gasteiger partial charge on any atom is -0.452 e. The fourth-order valence-corrected chi connectivity index (χ4v) is 5.39. The first-order chi connectivity index (χ1) is 13.9. The molecule has 0 aromatic heterocycles. The second-order valence-corrected chi connectivity index (χ2v) is 9.44. The predicted octanol–water partition coefficient (Wildman–Crippen LogP) is 1.97. The molecule has 0 bridgehead atoms. The Bertz CT molecular complexity index is 848. The van der Waals surface area contributed by atoms with E-state index < -0.39 is 28.5 Å². The van der Waals surface area contributed by atoms with Gasteiger partial charge in [-0.05, 0) is 43.9 Å². The number of hydrogen-bond acceptors (Lipinski definition) is 6. The van der Waals surface area contributed by atoms with Crippen LogP contribution in [-0.2, 0) is 24.3 Å². The van der Waals surface area contributed by atoms with Gasteiger partial charge in [-0.2, -0.15) is 4.31 Å². The normalized spacial score (nSPS) is 20.4. The smallest absolute Gasteiger partial charge is 0.338 e. The van der Waals surface area contributed by atoms with Crippen LogP contribution in [0.25, 0.3) is 0 Å². The first-order valence-corrected chi connectivity index (χ1v) is 11.5. The Morgan fingerprint density at radius 1 is 1.21 bits per heavy atom. The Hall–Kier alpha value is -1.68. The summed E-state index contributed by atoms with van der Waals surface area (Å²) in [5.41, 5.74) is 0.0249. The molecule has 2 heterocycles. The molecule has 29 heavy (non-hydrogen) atoms. The lowest BCUT2D eigenvalue weighted by atomic mass is 10.2. The summed E-state index contributed by atoms with van der Waals surface area (Å²) >= 11 is 6.10. The van der Waals surface area contributed by atoms with E-state index in [1.54, 1.807) is 0 Å². The van der Waals surface area contributed by atoms with Crippen LogP contribution < -0.4 is 5.32 Å². The van der Waals surface area contributed by atoms with Crippen LogP contribution in [0.2, 0.25) is 5.02 Å². The Kier molecular flexibility index (Phi) is 7.50. The third-order valence-corrected chi connectivity index (χ3v) is 7.37. The first-order valence-electron chi connectivity index (χ1n) is 9.73. The number of sulfonamides is 1. The van der Waals surface area contributed by atoms with Crippen molar-refractivity contribution in [3.63, 3.8) is 0 Å². The molecule has 1 N–H and O–H groups in total. The number of nitrogens with zero attached hydrogens (tertiary/aromatic N) is 1. The molecule has 2 aliphatic heterocycles. The van der Waals surface area contributed by atoms with Gasteiger partial charge in [0.05, 0.1) is 16.7 Å². The summed E-state index contributed by atoms with van der Waals surface area (Å²) in [4.78, 5) is 24.0. The summed E-state index contributed by atoms with van der Waals surface area (Å²) < 4.78 is 37.6. The third kappa shape index (κ3) is 5.69. The summed E-state index contributed by atoms with van der Waals surface area (Å²) in [6.45, 7) is 1.46. The molecular formula is C19H25ClN2O6S. The van der Waals surface area contributed by atoms with Crippen molar-refractivity contribution in [2.75, 3.05) is 32.8 Å². The van der Waals surface area contributed by atoms with Crippen LogP contribution >= 0.6 is 11.6 Å². The van der Waals surface area contributed by atoms with Crippen molar-refractivity contribution in [1.29, 1.82) is 0 Å². The van der Waals surface area contributed by atoms with Crippen LogP contribution in [0.15, 0.2) is 23.1 Å². The van der Waals surface area contributed by atoms with E-state index in [2.05, 4.69) is 5.32 Å². The zero-order valence-electron chi connectivity index (χ0n) is 16.1. The van der Waals surface area contributed by atoms with Crippen LogP contribution in [0.3, 0.4) is 0 Å². The Balaban J connectivity index is 1.60. The maximum Gasteiger partial charge on any atom is 0.338 e. The highest BCUT2D eigenvalue weighted by molar-refractivity contribution is 7.89. The van der Waals surface area contributed by atoms with Crippen LogP contribution in [0, 0.1) is 0 Å². The standard InChI is InChI=1S/C19H25ClN2O6S/c20-16-7-6-14(11-17(16)29(25,26)22-8-2-1-3-9-22)19(24)28-13-18(23)21-12-15-5-4-10-27-15/h6-7,11,15H,1-5,8-10,12-13H2,(H,21,23)/t15-/m1/s1. The van der Waals surface area contributed by atoms with E-state index in [0.29, 0.717) is 26.2 Å². The molecule has 3 rings (SSSR count). The minimum atomic E-state index is -3.80. The number of rotatable bonds is 7. The zero-order valence-corrected chi connectivity index (χ0v) is 17.6. The number of benzene rings is 1. The van der Waals surface area contributed by atoms with Gasteiger partial charge in [-0.3, -0.25) is 4.79 Å². The second kappa shape index (κ2) is 9.88. The van der Waals surface area contributed by atoms with Crippen molar-refractivity contribution >= 4 is 33.5 Å². The molecule has 1 aromatic rings. The molecular weight excluding hydrogens is 420 g/mol. The van der Waals surface area contributed by atoms with Crippen molar-refractivity contribution in [3.05, 3.63) is 28.8 Å². The van der Waals surface area contributed by atoms with Crippen molar-refractivity contribution in [1.82, 2.24) is 9.62 Å². The van der Waals surface area contributed by atoms with E-state index in [1.807, 2.05) is 0 Å². The maximum atomic E-state index is 12.9. The van der Waals surface area contributed by atoms with Gasteiger partial charge in [0.15, 0.2) is 6.61 Å². The van der Waals surface area contributed by atoms with Gasteiger partial charge in [-0.25, -0.2) is 13.2 Å². The summed E-state index contributed by atoms with van der Waals surface area (Å²) in [6, 6.07) is 3.94. The molecule has 0 radical (unpaired) electrons. The molecule has 0 saturated carbocycles. The van der Waals surface area contributed by atoms with E-state index in [0.717, 1.165) is 32.1 Å². The quantitative estimate of drug-likeness (QED) is 0.645. The summed E-state index contributed by atoms with van der Waals surface area (Å²) in [5, 5.41) is 2.70. The van der Waals surface area contributed by atoms with Crippen LogP contribution in [-0.4, -0.2) is 63.6 Å². The van der Waals surface area contributed by atoms with Crippen molar-refractivity contribution in [2.45, 2.75) is 43.1 Å². The predicted molar refractivity (Wildman–Crippen MR) is 106 cm³/mol. The lowest BCUT2D eigenvalue weighted by molar-refractivity contribution is -0.124. The average Bonchev–Trinajstić information content (AvgIpc) is 3.25. The third-order valence-electron chi connectivity index (χ3n) is 4.99. The molecule has 1 aromatic carbocycles. The number of amides is 1. The van der Waals surface area contributed by atoms with Crippen molar-refractivity contribution < 1.29 is 27.5 Å². The summed E-state index contributed by atoms with van der Waals surface area (Å²) in [5.74, 6) is -1.23. The van der Waals surface area contributed by atoms with E-state index >= 15 is 0 Å². The number of carbonyl (C=O) groups excluding carboxylic acids is 2. The number of ether oxygens (including phenoxy) is 2. The molecule has 1 atom stereocenters. The fourth-order valence-electron chi connectivity index (χ4n) is 3.37. The molecule has 0 spiro atoms. The molecule has 1 amide bonds. The van der Waals surface area contributed by atoms with Gasteiger partial charge >= 0.3 is 5.97 Å².